The summed E-state index contributed by atoms with van der Waals surface area (Å²) in [5.74, 6) is -1.82. The third kappa shape index (κ3) is 31.5. The average Bonchev–Trinajstić information content (AvgIpc) is 1.07. The molecular formula is C96H127Cl2F3N15NaO18S. The first kappa shape index (κ1) is 112. The summed E-state index contributed by atoms with van der Waals surface area (Å²) in [5, 5.41) is 31.9. The number of nitrogens with two attached hydrogens (primary N) is 2. The molecule has 7 amide bonds. The zero-order chi connectivity index (χ0) is 97.6. The van der Waals surface area contributed by atoms with Crippen molar-refractivity contribution in [2.45, 2.75) is 246 Å². The number of urea groups is 1. The molecule has 0 radical (unpaired) electrons. The molecule has 4 aromatic heterocycles. The Kier molecular flexibility index (Phi) is 41.5. The van der Waals surface area contributed by atoms with Gasteiger partial charge in [0.1, 0.15) is 52.6 Å². The van der Waals surface area contributed by atoms with Crippen LogP contribution in [0.5, 0.6) is 0 Å². The van der Waals surface area contributed by atoms with Crippen molar-refractivity contribution in [3.8, 4) is 0 Å². The van der Waals surface area contributed by atoms with Gasteiger partial charge in [0.25, 0.3) is 6.47 Å². The van der Waals surface area contributed by atoms with E-state index in [9.17, 15) is 42.2 Å². The number of carboxylic acids is 1. The molecule has 3 saturated carbocycles. The Morgan fingerprint density at radius 1 is 0.522 bits per heavy atom. The first-order valence-corrected chi connectivity index (χ1v) is 46.4. The van der Waals surface area contributed by atoms with E-state index in [-0.39, 0.29) is 134 Å². The van der Waals surface area contributed by atoms with Gasteiger partial charge in [0.15, 0.2) is 0 Å². The second-order valence-corrected chi connectivity index (χ2v) is 40.1. The van der Waals surface area contributed by atoms with Crippen molar-refractivity contribution >= 4 is 106 Å². The van der Waals surface area contributed by atoms with Crippen LogP contribution in [0.3, 0.4) is 0 Å². The van der Waals surface area contributed by atoms with Gasteiger partial charge in [0, 0.05) is 104 Å². The Morgan fingerprint density at radius 2 is 0.897 bits per heavy atom. The summed E-state index contributed by atoms with van der Waals surface area (Å²) in [6.45, 7) is 17.2. The number of carbonyl (C=O) groups is 8. The summed E-state index contributed by atoms with van der Waals surface area (Å²) >= 11 is 5.88. The molecule has 4 saturated heterocycles. The number of likely N-dealkylation sites (tertiary alicyclic amines) is 3. The molecule has 11 N–H and O–H groups in total. The molecule has 3 aliphatic carbocycles. The van der Waals surface area contributed by atoms with E-state index in [0.717, 1.165) is 66.7 Å². The number of amides is 7. The van der Waals surface area contributed by atoms with E-state index in [1.165, 1.54) is 86.1 Å². The van der Waals surface area contributed by atoms with Crippen molar-refractivity contribution in [2.75, 3.05) is 75.9 Å². The van der Waals surface area contributed by atoms with Gasteiger partial charge >= 0.3 is 53.7 Å². The van der Waals surface area contributed by atoms with Gasteiger partial charge in [-0.1, -0.05) is 68.3 Å². The number of methoxy groups -OCH3 is 4. The smallest absolute Gasteiger partial charge is 0.662 e. The van der Waals surface area contributed by atoms with E-state index in [1.54, 1.807) is 134 Å². The summed E-state index contributed by atoms with van der Waals surface area (Å²) < 4.78 is 93.4. The summed E-state index contributed by atoms with van der Waals surface area (Å²) in [6.07, 6.45) is 22.8. The van der Waals surface area contributed by atoms with Crippen molar-refractivity contribution < 1.29 is 129 Å². The molecular weight excluding hydrogens is 1830 g/mol. The van der Waals surface area contributed by atoms with Gasteiger partial charge in [0.2, 0.25) is 17.7 Å². The van der Waals surface area contributed by atoms with Crippen molar-refractivity contribution in [2.24, 2.45) is 29.2 Å². The number of benzene rings is 3. The third-order valence-corrected chi connectivity index (χ3v) is 26.3. The van der Waals surface area contributed by atoms with Crippen molar-refractivity contribution in [1.29, 1.82) is 0 Å². The largest absolute Gasteiger partial charge is 1.00 e. The van der Waals surface area contributed by atoms with Crippen LogP contribution in [0, 0.1) is 35.2 Å². The first-order valence-electron chi connectivity index (χ1n) is 44.8. The fourth-order valence-corrected chi connectivity index (χ4v) is 17.3. The quantitative estimate of drug-likeness (QED) is 0.00874. The van der Waals surface area contributed by atoms with Gasteiger partial charge in [-0.05, 0) is 243 Å². The summed E-state index contributed by atoms with van der Waals surface area (Å²) in [5.41, 5.74) is 14.9. The number of halogens is 5. The molecule has 12 atom stereocenters. The molecule has 136 heavy (non-hydrogen) atoms. The van der Waals surface area contributed by atoms with Gasteiger partial charge in [0.05, 0.1) is 98.0 Å². The normalized spacial score (nSPS) is 21.0. The number of carboxylic acid groups (broad SMARTS) is 1. The molecule has 7 aromatic rings. The molecule has 33 nitrogen and oxygen atoms in total. The Morgan fingerprint density at radius 3 is 1.27 bits per heavy atom. The molecule has 3 unspecified atom stereocenters. The van der Waals surface area contributed by atoms with Crippen LogP contribution >= 0.6 is 24.0 Å². The van der Waals surface area contributed by atoms with E-state index in [2.05, 4.69) is 56.1 Å². The number of aromatic nitrogens is 4. The molecule has 7 fully saturated rings. The summed E-state index contributed by atoms with van der Waals surface area (Å²) in [4.78, 5) is 120. The molecule has 8 heterocycles. The van der Waals surface area contributed by atoms with E-state index in [0.29, 0.717) is 60.2 Å². The second kappa shape index (κ2) is 50.4. The number of nitrogens with one attached hydrogen (secondary N) is 6. The molecule has 14 rings (SSSR count). The van der Waals surface area contributed by atoms with Crippen LogP contribution in [-0.4, -0.2) is 211 Å². The van der Waals surface area contributed by atoms with Crippen LogP contribution in [0.15, 0.2) is 147 Å². The SMILES string of the molecule is CO[C@@H]1C[C@H](C(=O)Nc2cc(C(CCC3CC3)(N[S@](=O)C(C)(C)C)c3ccncc3)ccc2F)N(C(=O)OC(C)(C)C)C1.CO[C@@H]1C[C@H](C(=O)Nc2cc(C(N)(CCC3CC3)c3ccncc3)ccc2F)N(C(=O)Nc2ccc(Cl)cn2)C1.CO[C@@H]1C[C@H](C(=O)O)N(C(=O)OC(C)(C)C)C1.CO[C@H]1CN[C@@H](C(=O)Nc2cc(C(N)(CCC3CC3)c3ccncc3)ccc2F)C1.Cl.O=CO[O-].[Na+]. The zero-order valence-corrected chi connectivity index (χ0v) is 83.8. The molecule has 7 aliphatic rings. The molecule has 4 aliphatic heterocycles. The molecule has 3 aromatic carbocycles. The van der Waals surface area contributed by atoms with Crippen LogP contribution in [-0.2, 0) is 84.9 Å². The van der Waals surface area contributed by atoms with Crippen molar-refractivity contribution in [3.63, 3.8) is 0 Å². The first-order chi connectivity index (χ1) is 63.5. The number of nitrogens with zero attached hydrogens (tertiary/aromatic N) is 7. The van der Waals surface area contributed by atoms with Gasteiger partial charge in [-0.2, -0.15) is 0 Å². The van der Waals surface area contributed by atoms with Gasteiger partial charge in [-0.15, -0.1) is 12.4 Å². The maximum atomic E-state index is 15.4. The van der Waals surface area contributed by atoms with E-state index in [4.69, 9.17) is 66.6 Å². The average molecular weight is 1960 g/mol. The number of rotatable bonds is 30. The number of anilines is 4. The van der Waals surface area contributed by atoms with Crippen LogP contribution < -0.4 is 77.6 Å². The number of ether oxygens (including phenoxy) is 6. The van der Waals surface area contributed by atoms with Crippen LogP contribution in [0.4, 0.5) is 50.4 Å². The van der Waals surface area contributed by atoms with E-state index in [1.807, 2.05) is 57.2 Å². The minimum atomic E-state index is -1.47. The standard InChI is InChI=1S/C32H45FN4O5S.C29H32ClFN6O3.C23H29FN4O2.C11H19NO5.CH2O3.ClH.Na/c1-30(2,3)42-29(39)37-20-24(41-7)19-27(37)28(38)35-26-18-23(10-11-25(26)33)32(15-12-21-8-9-21,22-13-16-34-17-14-22)36-43(40)31(4,5)6;1-40-22-15-25(37(17-22)28(39)36-26-7-5-21(30)16-34-26)27(38)35-24-14-20(4-6-23(24)31)29(32,11-8-18-2-3-18)19-9-12-33-13-10-19;1-30-18-13-21(27-14-18)22(29)28-20-12-17(4-5-19(20)24)23(25,9-6-15-2-3-15)16-7-10-26-11-8-16;1-11(2,3)17-10(15)12-6-7(16-4)5-8(12)9(13)14;2-1-4-3;;/h10-11,13-14,16-18,21,24,27,36H,8-9,12,15,19-20H2,1-7H3,(H,35,38);4-7,9-10,12-14,16,18,22,25H,2-3,8,11,15,17,32H2,1H3,(H,35,38)(H,34,36,39);4-5,7-8,10-12,15,18,21,27H,2-3,6,9,13-14,25H2,1H3,(H,28,29);7-8H,5-6H2,1-4H3,(H,13,14);1,3H;1H;/q;;;;;;+1/p-1/t24-,27-,32?,43-;22-,25-,29?;18-,21-,23?;7-,8-;;;/m1111.../s1. The van der Waals surface area contributed by atoms with E-state index >= 15 is 8.78 Å². The van der Waals surface area contributed by atoms with Crippen LogP contribution in [0.25, 0.3) is 0 Å². The predicted molar refractivity (Wildman–Crippen MR) is 503 cm³/mol. The van der Waals surface area contributed by atoms with Gasteiger partial charge < -0.3 is 81.3 Å². The Bertz CT molecular complexity index is 5160. The summed E-state index contributed by atoms with van der Waals surface area (Å²) in [7, 11) is 4.70. The van der Waals surface area contributed by atoms with Gasteiger partial charge in [-0.3, -0.25) is 49.2 Å². The second-order valence-electron chi connectivity index (χ2n) is 37.7. The fraction of sp³-hybridized carbons (Fsp3) is 0.521. The maximum absolute atomic E-state index is 15.4. The molecule has 736 valence electrons. The third-order valence-electron chi connectivity index (χ3n) is 24.4. The predicted octanol–water partition coefficient (Wildman–Crippen LogP) is 10.5. The van der Waals surface area contributed by atoms with Crippen molar-refractivity contribution in [1.82, 2.24) is 44.7 Å². The van der Waals surface area contributed by atoms with E-state index < -0.39 is 121 Å². The number of carbonyl (C=O) groups excluding carboxylic acids is 7. The Balaban J connectivity index is 0.000000227. The van der Waals surface area contributed by atoms with Crippen LogP contribution in [0.1, 0.15) is 198 Å². The van der Waals surface area contributed by atoms with Crippen LogP contribution in [0.2, 0.25) is 5.02 Å². The minimum Gasteiger partial charge on any atom is -0.662 e. The number of hydrogen-bond acceptors (Lipinski definition) is 24. The summed E-state index contributed by atoms with van der Waals surface area (Å²) in [6, 6.07) is 24.8. The van der Waals surface area contributed by atoms with Gasteiger partial charge in [-0.25, -0.2) is 46.3 Å². The molecule has 0 bridgehead atoms. The van der Waals surface area contributed by atoms with Crippen molar-refractivity contribution in [3.05, 3.63) is 202 Å². The fourth-order valence-electron chi connectivity index (χ4n) is 16.2. The topological polar surface area (TPSA) is 447 Å². The Labute approximate surface area is 828 Å². The monoisotopic (exact) mass is 1960 g/mol. The number of hydrogen-bond donors (Lipinski definition) is 9. The number of pyridine rings is 4. The zero-order valence-electron chi connectivity index (χ0n) is 79.4. The maximum Gasteiger partial charge on any atom is 1.00 e. The molecule has 0 spiro atoms. The Hall–Kier alpha value is -9.42. The molecule has 40 heteroatoms. The minimum absolute atomic E-state index is 0. The number of aliphatic carboxylic acids is 1.